The minimum absolute atomic E-state index is 0.153. The molecule has 0 saturated carbocycles. The topological polar surface area (TPSA) is 26.7 Å². The van der Waals surface area contributed by atoms with Gasteiger partial charge in [-0.15, -0.1) is 0 Å². The highest BCUT2D eigenvalue weighted by Crippen LogP contribution is 2.20. The van der Waals surface area contributed by atoms with Gasteiger partial charge in [-0.25, -0.2) is 4.39 Å². The fraction of sp³-hybridized carbons (Fsp3) is 0.571. The lowest BCUT2D eigenvalue weighted by Gasteiger charge is -2.36. The van der Waals surface area contributed by atoms with Crippen LogP contribution < -0.4 is 4.90 Å². The number of nitrogens with zero attached hydrogens (tertiary/aromatic N) is 2. The Morgan fingerprint density at radius 1 is 1.22 bits per heavy atom. The van der Waals surface area contributed by atoms with Crippen LogP contribution in [0.5, 0.6) is 0 Å². The van der Waals surface area contributed by atoms with Crippen LogP contribution in [0.25, 0.3) is 0 Å². The monoisotopic (exact) mass is 252 g/mol. The van der Waals surface area contributed by atoms with E-state index in [1.807, 2.05) is 19.1 Å². The zero-order chi connectivity index (χ0) is 13.0. The summed E-state index contributed by atoms with van der Waals surface area (Å²) in [6.07, 6.45) is 0.540. The summed E-state index contributed by atoms with van der Waals surface area (Å²) in [6, 6.07) is 6.91. The average Bonchev–Trinajstić information content (AvgIpc) is 2.40. The van der Waals surface area contributed by atoms with Gasteiger partial charge in [0.05, 0.1) is 11.8 Å². The Morgan fingerprint density at radius 2 is 1.89 bits per heavy atom. The molecule has 1 aliphatic heterocycles. The van der Waals surface area contributed by atoms with Crippen LogP contribution in [0, 0.1) is 5.82 Å². The second-order valence-corrected chi connectivity index (χ2v) is 4.80. The zero-order valence-corrected chi connectivity index (χ0v) is 10.8. The van der Waals surface area contributed by atoms with Crippen molar-refractivity contribution in [3.05, 3.63) is 30.1 Å². The molecule has 1 aromatic carbocycles. The van der Waals surface area contributed by atoms with Gasteiger partial charge < -0.3 is 10.0 Å². The number of benzene rings is 1. The number of β-amino-alcohol motifs (C(OH)–C–C–N with tert-alkyl or cyclic N) is 1. The molecule has 4 heteroatoms. The predicted octanol–water partition coefficient (Wildman–Crippen LogP) is 1.72. The Kier molecular flexibility index (Phi) is 4.55. The molecule has 0 aliphatic carbocycles. The molecule has 0 radical (unpaired) electrons. The number of piperazine rings is 1. The molecule has 1 aliphatic rings. The van der Waals surface area contributed by atoms with E-state index in [1.165, 1.54) is 6.07 Å². The van der Waals surface area contributed by atoms with Crippen molar-refractivity contribution in [2.24, 2.45) is 0 Å². The van der Waals surface area contributed by atoms with Crippen molar-refractivity contribution < 1.29 is 9.50 Å². The van der Waals surface area contributed by atoms with Crippen molar-refractivity contribution in [2.75, 3.05) is 37.6 Å². The molecular weight excluding hydrogens is 231 g/mol. The first kappa shape index (κ1) is 13.3. The lowest BCUT2D eigenvalue weighted by atomic mass is 10.2. The molecule has 1 N–H and O–H groups in total. The van der Waals surface area contributed by atoms with E-state index in [-0.39, 0.29) is 11.9 Å². The van der Waals surface area contributed by atoms with Gasteiger partial charge in [0.15, 0.2) is 0 Å². The first-order valence-corrected chi connectivity index (χ1v) is 6.60. The number of para-hydroxylation sites is 1. The maximum Gasteiger partial charge on any atom is 0.146 e. The molecular formula is C14H21FN2O. The standard InChI is InChI=1S/C14H21FN2O/c1-2-12(18)11-16-7-9-17(10-8-16)14-6-4-3-5-13(14)15/h3-6,12,18H,2,7-11H2,1H3. The van der Waals surface area contributed by atoms with Crippen LogP contribution in [-0.2, 0) is 0 Å². The highest BCUT2D eigenvalue weighted by molar-refractivity contribution is 5.47. The summed E-state index contributed by atoms with van der Waals surface area (Å²) in [5.74, 6) is -0.153. The van der Waals surface area contributed by atoms with Crippen molar-refractivity contribution in [3.63, 3.8) is 0 Å². The molecule has 1 fully saturated rings. The summed E-state index contributed by atoms with van der Waals surface area (Å²) < 4.78 is 13.6. The van der Waals surface area contributed by atoms with Crippen LogP contribution in [0.1, 0.15) is 13.3 Å². The summed E-state index contributed by atoms with van der Waals surface area (Å²) >= 11 is 0. The first-order chi connectivity index (χ1) is 8.70. The summed E-state index contributed by atoms with van der Waals surface area (Å²) in [5, 5.41) is 9.62. The molecule has 1 unspecified atom stereocenters. The Bertz CT molecular complexity index is 378. The quantitative estimate of drug-likeness (QED) is 0.884. The van der Waals surface area contributed by atoms with Gasteiger partial charge in [-0.05, 0) is 18.6 Å². The van der Waals surface area contributed by atoms with E-state index in [9.17, 15) is 9.50 Å². The lowest BCUT2D eigenvalue weighted by Crippen LogP contribution is -2.48. The summed E-state index contributed by atoms with van der Waals surface area (Å²) in [4.78, 5) is 4.32. The molecule has 0 amide bonds. The Balaban J connectivity index is 1.89. The fourth-order valence-corrected chi connectivity index (χ4v) is 2.31. The first-order valence-electron chi connectivity index (χ1n) is 6.60. The Labute approximate surface area is 108 Å². The number of anilines is 1. The molecule has 1 heterocycles. The van der Waals surface area contributed by atoms with Crippen LogP contribution in [0.2, 0.25) is 0 Å². The molecule has 0 aromatic heterocycles. The SMILES string of the molecule is CCC(O)CN1CCN(c2ccccc2F)CC1. The maximum atomic E-state index is 13.6. The van der Waals surface area contributed by atoms with Crippen molar-refractivity contribution in [1.29, 1.82) is 0 Å². The van der Waals surface area contributed by atoms with Crippen molar-refractivity contribution in [3.8, 4) is 0 Å². The number of rotatable bonds is 4. The van der Waals surface area contributed by atoms with Gasteiger partial charge in [0.1, 0.15) is 5.82 Å². The third kappa shape index (κ3) is 3.21. The number of halogens is 1. The maximum absolute atomic E-state index is 13.6. The largest absolute Gasteiger partial charge is 0.392 e. The summed E-state index contributed by atoms with van der Waals surface area (Å²) in [7, 11) is 0. The van der Waals surface area contributed by atoms with E-state index in [2.05, 4.69) is 9.80 Å². The molecule has 1 saturated heterocycles. The van der Waals surface area contributed by atoms with E-state index in [4.69, 9.17) is 0 Å². The highest BCUT2D eigenvalue weighted by Gasteiger charge is 2.20. The van der Waals surface area contributed by atoms with Crippen LogP contribution in [0.15, 0.2) is 24.3 Å². The smallest absolute Gasteiger partial charge is 0.146 e. The molecule has 3 nitrogen and oxygen atoms in total. The van der Waals surface area contributed by atoms with E-state index in [0.29, 0.717) is 5.69 Å². The molecule has 0 spiro atoms. The number of aliphatic hydroxyl groups excluding tert-OH is 1. The summed E-state index contributed by atoms with van der Waals surface area (Å²) in [5.41, 5.74) is 0.688. The second kappa shape index (κ2) is 6.16. The van der Waals surface area contributed by atoms with Gasteiger partial charge >= 0.3 is 0 Å². The lowest BCUT2D eigenvalue weighted by molar-refractivity contribution is 0.106. The van der Waals surface area contributed by atoms with E-state index in [1.54, 1.807) is 6.07 Å². The number of aliphatic hydroxyl groups is 1. The van der Waals surface area contributed by atoms with Crippen LogP contribution in [-0.4, -0.2) is 48.8 Å². The Morgan fingerprint density at radius 3 is 2.50 bits per heavy atom. The van der Waals surface area contributed by atoms with Crippen LogP contribution >= 0.6 is 0 Å². The van der Waals surface area contributed by atoms with E-state index in [0.717, 1.165) is 39.1 Å². The van der Waals surface area contributed by atoms with Gasteiger partial charge in [0.2, 0.25) is 0 Å². The van der Waals surface area contributed by atoms with Gasteiger partial charge in [-0.1, -0.05) is 19.1 Å². The fourth-order valence-electron chi connectivity index (χ4n) is 2.31. The highest BCUT2D eigenvalue weighted by atomic mass is 19.1. The number of hydrogen-bond donors (Lipinski definition) is 1. The van der Waals surface area contributed by atoms with E-state index < -0.39 is 0 Å². The molecule has 18 heavy (non-hydrogen) atoms. The Hall–Kier alpha value is -1.13. The molecule has 0 bridgehead atoms. The normalized spacial score (nSPS) is 18.9. The van der Waals surface area contributed by atoms with Gasteiger partial charge in [0.25, 0.3) is 0 Å². The van der Waals surface area contributed by atoms with E-state index >= 15 is 0 Å². The minimum Gasteiger partial charge on any atom is -0.392 e. The molecule has 100 valence electrons. The van der Waals surface area contributed by atoms with Crippen molar-refractivity contribution >= 4 is 5.69 Å². The average molecular weight is 252 g/mol. The third-order valence-electron chi connectivity index (χ3n) is 3.51. The third-order valence-corrected chi connectivity index (χ3v) is 3.51. The summed E-state index contributed by atoms with van der Waals surface area (Å²) in [6.45, 7) is 6.10. The molecule has 2 rings (SSSR count). The molecule has 1 atom stereocenters. The zero-order valence-electron chi connectivity index (χ0n) is 10.8. The molecule has 1 aromatic rings. The van der Waals surface area contributed by atoms with Crippen molar-refractivity contribution in [1.82, 2.24) is 4.90 Å². The van der Waals surface area contributed by atoms with Gasteiger partial charge in [0, 0.05) is 32.7 Å². The van der Waals surface area contributed by atoms with Gasteiger partial charge in [-0.3, -0.25) is 4.90 Å². The minimum atomic E-state index is -0.245. The second-order valence-electron chi connectivity index (χ2n) is 4.80. The van der Waals surface area contributed by atoms with Crippen molar-refractivity contribution in [2.45, 2.75) is 19.4 Å². The predicted molar refractivity (Wildman–Crippen MR) is 71.4 cm³/mol. The van der Waals surface area contributed by atoms with Crippen LogP contribution in [0.3, 0.4) is 0 Å². The van der Waals surface area contributed by atoms with Gasteiger partial charge in [-0.2, -0.15) is 0 Å². The number of hydrogen-bond acceptors (Lipinski definition) is 3. The van der Waals surface area contributed by atoms with Crippen LogP contribution in [0.4, 0.5) is 10.1 Å².